The number of aliphatic hydroxyl groups excluding tert-OH is 1. The molecular weight excluding hydrogens is 863 g/mol. The minimum Gasteiger partial charge on any atom is -0.512 e. The summed E-state index contributed by atoms with van der Waals surface area (Å²) in [6, 6.07) is 30.8. The van der Waals surface area contributed by atoms with Crippen molar-refractivity contribution in [2.24, 2.45) is 23.7 Å². The first kappa shape index (κ1) is 44.6. The summed E-state index contributed by atoms with van der Waals surface area (Å²) >= 11 is -2.68. The molecule has 0 saturated heterocycles. The molecule has 5 heteroatoms. The number of rotatable bonds is 14. The van der Waals surface area contributed by atoms with Crippen LogP contribution in [-0.4, -0.2) is 29.1 Å². The predicted octanol–water partition coefficient (Wildman–Crippen LogP) is 11.7. The van der Waals surface area contributed by atoms with Crippen LogP contribution in [0.25, 0.3) is 22.0 Å². The normalized spacial score (nSPS) is 12.3. The van der Waals surface area contributed by atoms with Crippen LogP contribution in [0.5, 0.6) is 0 Å². The summed E-state index contributed by atoms with van der Waals surface area (Å²) < 4.78 is 3.13. The van der Waals surface area contributed by atoms with Crippen molar-refractivity contribution in [3.63, 3.8) is 0 Å². The molecule has 4 rings (SSSR count). The number of fused-ring (bicyclic) bond motifs is 1. The number of allylic oxidation sites excluding steroid dienone is 2. The van der Waals surface area contributed by atoms with Crippen LogP contribution in [0.4, 0.5) is 0 Å². The first-order chi connectivity index (χ1) is 23.7. The molecule has 0 fully saturated rings. The van der Waals surface area contributed by atoms with Crippen LogP contribution in [0.15, 0.2) is 90.8 Å². The van der Waals surface area contributed by atoms with E-state index >= 15 is 0 Å². The summed E-state index contributed by atoms with van der Waals surface area (Å²) in [5.41, 5.74) is 3.56. The van der Waals surface area contributed by atoms with Crippen LogP contribution in [0, 0.1) is 29.7 Å². The summed E-state index contributed by atoms with van der Waals surface area (Å²) in [5, 5.41) is 14.8. The molecule has 279 valence electrons. The maximum Gasteiger partial charge on any atom is 0.162 e. The van der Waals surface area contributed by atoms with E-state index in [1.54, 1.807) is 8.79 Å². The fourth-order valence-electron chi connectivity index (χ4n) is 7.52. The summed E-state index contributed by atoms with van der Waals surface area (Å²) in [5.74, 6) is 1.86. The Morgan fingerprint density at radius 2 is 1.33 bits per heavy atom. The van der Waals surface area contributed by atoms with Gasteiger partial charge >= 0.3 is 216 Å². The molecule has 1 aromatic heterocycles. The molecule has 1 N–H and O–H groups in total. The Hall–Kier alpha value is -2.53. The molecule has 0 aliphatic rings. The first-order valence-electron chi connectivity index (χ1n) is 19.1. The van der Waals surface area contributed by atoms with Gasteiger partial charge in [-0.25, -0.2) is 0 Å². The van der Waals surface area contributed by atoms with E-state index in [9.17, 15) is 9.90 Å². The zero-order chi connectivity index (χ0) is 37.1. The molecule has 0 saturated carbocycles. The van der Waals surface area contributed by atoms with Crippen LogP contribution < -0.4 is 8.79 Å². The van der Waals surface area contributed by atoms with Crippen LogP contribution in [0.1, 0.15) is 107 Å². The molecule has 0 bridgehead atoms. The van der Waals surface area contributed by atoms with Gasteiger partial charge in [0.2, 0.25) is 0 Å². The summed E-state index contributed by atoms with van der Waals surface area (Å²) in [4.78, 5) is 16.6. The van der Waals surface area contributed by atoms with Crippen molar-refractivity contribution in [1.82, 2.24) is 4.98 Å². The maximum absolute atomic E-state index is 11.7. The van der Waals surface area contributed by atoms with E-state index < -0.39 is 13.3 Å². The SMILES string of the molecule is CC(C)[CH2][Ge]([CH2]C(C)C)([c]1ccccc1)[c]1ccnc(-c2[c-]c3ccccc3c(C(C)(C)C)c2)c1.CCC(CC)C(=O)/C=C(\O)C(CC)CC.[Ir]. The number of carbonyl (C=O) groups excluding carboxylic acids is 1. The molecule has 0 spiro atoms. The van der Waals surface area contributed by atoms with E-state index in [4.69, 9.17) is 4.98 Å². The van der Waals surface area contributed by atoms with E-state index in [1.807, 2.05) is 33.9 Å². The second-order valence-corrected chi connectivity index (χ2v) is 24.6. The van der Waals surface area contributed by atoms with Crippen LogP contribution in [-0.2, 0) is 30.3 Å². The molecule has 3 nitrogen and oxygen atoms in total. The second kappa shape index (κ2) is 20.6. The molecule has 0 unspecified atom stereocenters. The standard InChI is InChI=1S/C33H40GeN.C13H24O2.Ir/c1-24(2)22-34(23-25(3)4,28-14-9-8-10-15-28)29-17-18-35-32(21-29)27-19-26-13-11-12-16-30(26)31(20-27)33(5,6)7;1-5-10(6-2)12(14)9-13(15)11(7-3)8-4;/h8-18,20-21,24-25H,22-23H2,1-7H3;9-11,14H,5-8H2,1-4H3;/q-1;;/b;12-9-;. The van der Waals surface area contributed by atoms with Crippen LogP contribution in [0.2, 0.25) is 10.5 Å². The van der Waals surface area contributed by atoms with Gasteiger partial charge < -0.3 is 5.11 Å². The fraction of sp³-hybridized carbons (Fsp3) is 0.478. The van der Waals surface area contributed by atoms with Crippen molar-refractivity contribution in [3.05, 3.63) is 102 Å². The zero-order valence-corrected chi connectivity index (χ0v) is 37.8. The first-order valence-corrected chi connectivity index (χ1v) is 24.2. The number of benzene rings is 3. The fourth-order valence-corrected chi connectivity index (χ4v) is 19.8. The number of pyridine rings is 1. The topological polar surface area (TPSA) is 50.2 Å². The Morgan fingerprint density at radius 1 is 0.784 bits per heavy atom. The predicted molar refractivity (Wildman–Crippen MR) is 219 cm³/mol. The van der Waals surface area contributed by atoms with Crippen molar-refractivity contribution in [3.8, 4) is 11.3 Å². The van der Waals surface area contributed by atoms with Gasteiger partial charge in [0.25, 0.3) is 0 Å². The Labute approximate surface area is 326 Å². The number of hydrogen-bond donors (Lipinski definition) is 1. The van der Waals surface area contributed by atoms with E-state index in [2.05, 4.69) is 127 Å². The van der Waals surface area contributed by atoms with E-state index in [0.29, 0.717) is 11.8 Å². The number of aliphatic hydroxyl groups is 1. The zero-order valence-electron chi connectivity index (χ0n) is 33.3. The van der Waals surface area contributed by atoms with Crippen molar-refractivity contribution in [2.45, 2.75) is 118 Å². The number of nitrogens with zero attached hydrogens (tertiary/aromatic N) is 1. The molecule has 0 aliphatic carbocycles. The van der Waals surface area contributed by atoms with Crippen molar-refractivity contribution in [2.75, 3.05) is 0 Å². The summed E-state index contributed by atoms with van der Waals surface area (Å²) in [6.45, 7) is 24.5. The Bertz CT molecular complexity index is 1670. The number of ketones is 1. The average molecular weight is 928 g/mol. The Morgan fingerprint density at radius 3 is 1.86 bits per heavy atom. The molecule has 1 radical (unpaired) electrons. The Balaban J connectivity index is 0.000000479. The summed E-state index contributed by atoms with van der Waals surface area (Å²) in [7, 11) is 0. The van der Waals surface area contributed by atoms with Gasteiger partial charge in [0.05, 0.1) is 5.76 Å². The molecular formula is C46H64GeIrNO2-. The van der Waals surface area contributed by atoms with Gasteiger partial charge in [-0.2, -0.15) is 0 Å². The van der Waals surface area contributed by atoms with Crippen LogP contribution in [0.3, 0.4) is 0 Å². The second-order valence-electron chi connectivity index (χ2n) is 16.0. The van der Waals surface area contributed by atoms with Crippen molar-refractivity contribution < 1.29 is 30.0 Å². The van der Waals surface area contributed by atoms with E-state index in [1.165, 1.54) is 32.9 Å². The van der Waals surface area contributed by atoms with Crippen molar-refractivity contribution >= 4 is 38.6 Å². The van der Waals surface area contributed by atoms with Gasteiger partial charge in [0, 0.05) is 38.0 Å². The largest absolute Gasteiger partial charge is 0.512 e. The van der Waals surface area contributed by atoms with E-state index in [-0.39, 0.29) is 48.9 Å². The van der Waals surface area contributed by atoms with Gasteiger partial charge in [-0.05, 0) is 25.7 Å². The maximum atomic E-state index is 11.7. The Kier molecular flexibility index (Phi) is 18.1. The molecule has 0 amide bonds. The van der Waals surface area contributed by atoms with E-state index in [0.717, 1.165) is 36.9 Å². The van der Waals surface area contributed by atoms with Gasteiger partial charge in [-0.15, -0.1) is 0 Å². The minimum atomic E-state index is -2.68. The number of carbonyl (C=O) groups is 1. The third-order valence-electron chi connectivity index (χ3n) is 10.1. The van der Waals surface area contributed by atoms with Crippen LogP contribution >= 0.6 is 0 Å². The quantitative estimate of drug-likeness (QED) is 0.0593. The van der Waals surface area contributed by atoms with Gasteiger partial charge in [-0.3, -0.25) is 4.79 Å². The molecule has 51 heavy (non-hydrogen) atoms. The molecule has 1 heterocycles. The summed E-state index contributed by atoms with van der Waals surface area (Å²) in [6.07, 6.45) is 6.96. The van der Waals surface area contributed by atoms with Gasteiger partial charge in [0.1, 0.15) is 0 Å². The van der Waals surface area contributed by atoms with Gasteiger partial charge in [0.15, 0.2) is 5.78 Å². The van der Waals surface area contributed by atoms with Gasteiger partial charge in [-0.1, -0.05) is 27.7 Å². The molecule has 0 aliphatic heterocycles. The minimum absolute atomic E-state index is 0. The monoisotopic (exact) mass is 929 g/mol. The molecule has 4 aromatic rings. The third-order valence-corrected chi connectivity index (χ3v) is 22.4. The number of aromatic nitrogens is 1. The number of hydrogen-bond acceptors (Lipinski definition) is 3. The van der Waals surface area contributed by atoms with Crippen molar-refractivity contribution in [1.29, 1.82) is 0 Å². The molecule has 0 atom stereocenters. The average Bonchev–Trinajstić information content (AvgIpc) is 3.08. The molecule has 3 aromatic carbocycles. The smallest absolute Gasteiger partial charge is 0.162 e. The third kappa shape index (κ3) is 12.0.